The molecule has 0 bridgehead atoms. The standard InChI is InChI=1S/C31H33BrN4O4/c1-35(2)17-5-8-27(37)36(3)24-13-11-23(12-14-24)33-30(21-7-4-6-20(18-21)9-16-28(38)39)29-25-15-10-22(32)19-26(25)34-31(29)40/h4,6-7,10-15,18-19,34,40H,5,8-9,16-17H2,1-3H3,(H,38,39). The lowest BCUT2D eigenvalue weighted by Crippen LogP contribution is -2.27. The summed E-state index contributed by atoms with van der Waals surface area (Å²) >= 11 is 3.48. The van der Waals surface area contributed by atoms with E-state index in [9.17, 15) is 14.7 Å². The quantitative estimate of drug-likeness (QED) is 0.178. The van der Waals surface area contributed by atoms with Crippen LogP contribution in [0.1, 0.15) is 36.0 Å². The van der Waals surface area contributed by atoms with Crippen molar-refractivity contribution < 1.29 is 19.8 Å². The van der Waals surface area contributed by atoms with E-state index in [4.69, 9.17) is 10.1 Å². The van der Waals surface area contributed by atoms with Crippen LogP contribution in [-0.2, 0) is 16.0 Å². The number of halogens is 1. The van der Waals surface area contributed by atoms with Crippen LogP contribution in [0.4, 0.5) is 11.4 Å². The molecule has 9 heteroatoms. The molecule has 40 heavy (non-hydrogen) atoms. The Hall–Kier alpha value is -3.95. The average molecular weight is 606 g/mol. The fourth-order valence-corrected chi connectivity index (χ4v) is 4.88. The van der Waals surface area contributed by atoms with Gasteiger partial charge in [-0.1, -0.05) is 40.2 Å². The summed E-state index contributed by atoms with van der Waals surface area (Å²) in [6.45, 7) is 0.852. The van der Waals surface area contributed by atoms with Crippen LogP contribution in [-0.4, -0.2) is 65.4 Å². The first kappa shape index (κ1) is 29.0. The number of H-pyrrole nitrogens is 1. The van der Waals surface area contributed by atoms with Gasteiger partial charge < -0.3 is 25.0 Å². The number of carbonyl (C=O) groups is 2. The zero-order valence-electron chi connectivity index (χ0n) is 22.8. The number of carboxylic acid groups (broad SMARTS) is 1. The maximum atomic E-state index is 12.6. The zero-order chi connectivity index (χ0) is 28.8. The Labute approximate surface area is 242 Å². The number of benzene rings is 3. The van der Waals surface area contributed by atoms with Gasteiger partial charge in [-0.2, -0.15) is 0 Å². The van der Waals surface area contributed by atoms with Crippen molar-refractivity contribution in [3.63, 3.8) is 0 Å². The SMILES string of the molecule is CN(C)CCCC(=O)N(C)c1ccc(N=C(c2cccc(CCC(=O)O)c2)c2c(O)[nH]c3cc(Br)ccc23)cc1. The number of rotatable bonds is 11. The number of carboxylic acids is 1. The minimum atomic E-state index is -0.861. The van der Waals surface area contributed by atoms with Crippen molar-refractivity contribution in [1.29, 1.82) is 0 Å². The molecule has 1 aromatic heterocycles. The maximum Gasteiger partial charge on any atom is 0.303 e. The number of aryl methyl sites for hydroxylation is 1. The Morgan fingerprint density at radius 1 is 0.975 bits per heavy atom. The smallest absolute Gasteiger partial charge is 0.303 e. The first-order chi connectivity index (χ1) is 19.1. The number of fused-ring (bicyclic) bond motifs is 1. The van der Waals surface area contributed by atoms with E-state index in [1.165, 1.54) is 0 Å². The van der Waals surface area contributed by atoms with Crippen LogP contribution in [0.2, 0.25) is 0 Å². The summed E-state index contributed by atoms with van der Waals surface area (Å²) in [5, 5.41) is 20.9. The summed E-state index contributed by atoms with van der Waals surface area (Å²) in [6.07, 6.45) is 1.66. The molecular formula is C31H33BrN4O4. The molecule has 1 amide bonds. The molecule has 0 aliphatic rings. The van der Waals surface area contributed by atoms with Crippen molar-refractivity contribution in [3.05, 3.63) is 87.9 Å². The van der Waals surface area contributed by atoms with Gasteiger partial charge in [0.25, 0.3) is 0 Å². The van der Waals surface area contributed by atoms with E-state index >= 15 is 0 Å². The van der Waals surface area contributed by atoms with Crippen LogP contribution < -0.4 is 4.90 Å². The molecule has 0 aliphatic heterocycles. The third-order valence-corrected chi connectivity index (χ3v) is 7.15. The van der Waals surface area contributed by atoms with Crippen LogP contribution in [0.3, 0.4) is 0 Å². The van der Waals surface area contributed by atoms with Crippen molar-refractivity contribution in [2.75, 3.05) is 32.6 Å². The number of aromatic nitrogens is 1. The highest BCUT2D eigenvalue weighted by atomic mass is 79.9. The Bertz CT molecular complexity index is 1540. The van der Waals surface area contributed by atoms with Gasteiger partial charge in [-0.3, -0.25) is 9.59 Å². The van der Waals surface area contributed by atoms with E-state index in [2.05, 4.69) is 25.8 Å². The fourth-order valence-electron chi connectivity index (χ4n) is 4.52. The summed E-state index contributed by atoms with van der Waals surface area (Å²) in [7, 11) is 5.75. The Morgan fingerprint density at radius 3 is 2.42 bits per heavy atom. The van der Waals surface area contributed by atoms with Gasteiger partial charge in [-0.05, 0) is 81.5 Å². The van der Waals surface area contributed by atoms with Crippen LogP contribution in [0.5, 0.6) is 5.88 Å². The molecule has 0 saturated heterocycles. The van der Waals surface area contributed by atoms with Gasteiger partial charge in [-0.25, -0.2) is 4.99 Å². The number of nitrogens with zero attached hydrogens (tertiary/aromatic N) is 3. The van der Waals surface area contributed by atoms with Gasteiger partial charge in [0.05, 0.1) is 22.5 Å². The highest BCUT2D eigenvalue weighted by molar-refractivity contribution is 9.10. The lowest BCUT2D eigenvalue weighted by Gasteiger charge is -2.18. The van der Waals surface area contributed by atoms with Crippen LogP contribution in [0.25, 0.3) is 10.9 Å². The molecule has 0 radical (unpaired) electrons. The molecule has 0 fully saturated rings. The number of carbonyl (C=O) groups excluding carboxylic acids is 1. The minimum absolute atomic E-state index is 0.0116. The van der Waals surface area contributed by atoms with Crippen molar-refractivity contribution >= 4 is 55.8 Å². The van der Waals surface area contributed by atoms with Gasteiger partial charge in [0, 0.05) is 41.0 Å². The molecule has 8 nitrogen and oxygen atoms in total. The molecule has 0 saturated carbocycles. The van der Waals surface area contributed by atoms with Gasteiger partial charge in [0.2, 0.25) is 5.91 Å². The molecule has 0 spiro atoms. The van der Waals surface area contributed by atoms with E-state index in [1.807, 2.05) is 80.8 Å². The number of nitrogens with one attached hydrogen (secondary N) is 1. The van der Waals surface area contributed by atoms with E-state index in [-0.39, 0.29) is 18.2 Å². The minimum Gasteiger partial charge on any atom is -0.494 e. The Balaban J connectivity index is 1.72. The van der Waals surface area contributed by atoms with Crippen LogP contribution in [0, 0.1) is 0 Å². The van der Waals surface area contributed by atoms with Gasteiger partial charge >= 0.3 is 5.97 Å². The summed E-state index contributed by atoms with van der Waals surface area (Å²) in [5.74, 6) is -0.824. The molecule has 4 aromatic rings. The van der Waals surface area contributed by atoms with Gasteiger partial charge in [0.15, 0.2) is 5.88 Å². The van der Waals surface area contributed by atoms with Crippen molar-refractivity contribution in [3.8, 4) is 5.88 Å². The number of hydrogen-bond acceptors (Lipinski definition) is 5. The second kappa shape index (κ2) is 12.9. The number of aromatic hydroxyl groups is 1. The number of hydrogen-bond donors (Lipinski definition) is 3. The number of anilines is 1. The van der Waals surface area contributed by atoms with Crippen molar-refractivity contribution in [2.24, 2.45) is 4.99 Å². The molecule has 0 atom stereocenters. The van der Waals surface area contributed by atoms with Gasteiger partial charge in [0.1, 0.15) is 0 Å². The molecule has 3 N–H and O–H groups in total. The number of aromatic amines is 1. The number of aliphatic carboxylic acids is 1. The van der Waals surface area contributed by atoms with Crippen LogP contribution in [0.15, 0.2) is 76.2 Å². The molecule has 208 valence electrons. The summed E-state index contributed by atoms with van der Waals surface area (Å²) in [6, 6.07) is 20.7. The average Bonchev–Trinajstić information content (AvgIpc) is 3.24. The molecular weight excluding hydrogens is 572 g/mol. The number of aliphatic imine (C=N–C) groups is 1. The second-order valence-electron chi connectivity index (χ2n) is 9.97. The third kappa shape index (κ3) is 7.16. The topological polar surface area (TPSA) is 109 Å². The molecule has 1 heterocycles. The lowest BCUT2D eigenvalue weighted by molar-refractivity contribution is -0.137. The number of amides is 1. The first-order valence-electron chi connectivity index (χ1n) is 13.0. The van der Waals surface area contributed by atoms with E-state index in [0.717, 1.165) is 45.2 Å². The summed E-state index contributed by atoms with van der Waals surface area (Å²) < 4.78 is 0.873. The highest BCUT2D eigenvalue weighted by Crippen LogP contribution is 2.33. The Morgan fingerprint density at radius 2 is 1.73 bits per heavy atom. The van der Waals surface area contributed by atoms with E-state index < -0.39 is 5.97 Å². The molecule has 0 unspecified atom stereocenters. The largest absolute Gasteiger partial charge is 0.494 e. The normalized spacial score (nSPS) is 11.8. The highest BCUT2D eigenvalue weighted by Gasteiger charge is 2.20. The summed E-state index contributed by atoms with van der Waals surface area (Å²) in [5.41, 5.74) is 4.87. The first-order valence-corrected chi connectivity index (χ1v) is 13.8. The van der Waals surface area contributed by atoms with E-state index in [1.54, 1.807) is 11.9 Å². The van der Waals surface area contributed by atoms with Crippen molar-refractivity contribution in [2.45, 2.75) is 25.7 Å². The monoisotopic (exact) mass is 604 g/mol. The molecule has 0 aliphatic carbocycles. The predicted molar refractivity (Wildman–Crippen MR) is 163 cm³/mol. The third-order valence-electron chi connectivity index (χ3n) is 6.65. The van der Waals surface area contributed by atoms with E-state index in [0.29, 0.717) is 29.8 Å². The molecule has 3 aromatic carbocycles. The Kier molecular flexibility index (Phi) is 9.39. The predicted octanol–water partition coefficient (Wildman–Crippen LogP) is 6.13. The van der Waals surface area contributed by atoms with Crippen LogP contribution >= 0.6 is 15.9 Å². The second-order valence-corrected chi connectivity index (χ2v) is 10.9. The fraction of sp³-hybridized carbons (Fsp3) is 0.258. The lowest BCUT2D eigenvalue weighted by atomic mass is 9.98. The van der Waals surface area contributed by atoms with Gasteiger partial charge in [-0.15, -0.1) is 0 Å². The van der Waals surface area contributed by atoms with Crippen molar-refractivity contribution in [1.82, 2.24) is 9.88 Å². The maximum absolute atomic E-state index is 12.6. The molecule has 4 rings (SSSR count). The zero-order valence-corrected chi connectivity index (χ0v) is 24.4. The summed E-state index contributed by atoms with van der Waals surface area (Å²) in [4.78, 5) is 35.5.